The number of hydrogen-bond acceptors (Lipinski definition) is 6. The van der Waals surface area contributed by atoms with E-state index >= 15 is 0 Å². The average molecular weight is 461 g/mol. The topological polar surface area (TPSA) is 118 Å². The Hall–Kier alpha value is -2.98. The van der Waals surface area contributed by atoms with Crippen molar-refractivity contribution in [3.63, 3.8) is 0 Å². The van der Waals surface area contributed by atoms with Crippen LogP contribution in [0.2, 0.25) is 0 Å². The summed E-state index contributed by atoms with van der Waals surface area (Å²) < 4.78 is 32.3. The highest BCUT2D eigenvalue weighted by atomic mass is 32.2. The van der Waals surface area contributed by atoms with Gasteiger partial charge in [-0.05, 0) is 55.2 Å². The highest BCUT2D eigenvalue weighted by Gasteiger charge is 2.32. The van der Waals surface area contributed by atoms with E-state index in [0.717, 1.165) is 0 Å². The van der Waals surface area contributed by atoms with Crippen LogP contribution in [-0.4, -0.2) is 49.2 Å². The van der Waals surface area contributed by atoms with Crippen LogP contribution in [0.4, 0.5) is 0 Å². The van der Waals surface area contributed by atoms with E-state index in [-0.39, 0.29) is 29.8 Å². The molecule has 3 rings (SSSR count). The lowest BCUT2D eigenvalue weighted by molar-refractivity contribution is -0.126. The van der Waals surface area contributed by atoms with E-state index in [4.69, 9.17) is 4.74 Å². The lowest BCUT2D eigenvalue weighted by Crippen LogP contribution is -2.48. The second kappa shape index (κ2) is 10.6. The van der Waals surface area contributed by atoms with Crippen LogP contribution in [0.5, 0.6) is 5.75 Å². The number of ether oxygens (including phenoxy) is 1. The van der Waals surface area contributed by atoms with Crippen LogP contribution < -0.4 is 15.6 Å². The predicted molar refractivity (Wildman–Crippen MR) is 118 cm³/mol. The van der Waals surface area contributed by atoms with Crippen molar-refractivity contribution in [2.45, 2.75) is 31.6 Å². The van der Waals surface area contributed by atoms with Gasteiger partial charge in [0.1, 0.15) is 10.6 Å². The molecule has 2 amide bonds. The third-order valence-corrected chi connectivity index (χ3v) is 6.98. The number of aromatic nitrogens is 1. The van der Waals surface area contributed by atoms with Crippen molar-refractivity contribution in [3.05, 3.63) is 54.4 Å². The molecule has 2 N–H and O–H groups in total. The molecular weight excluding hydrogens is 432 g/mol. The molecule has 32 heavy (non-hydrogen) atoms. The minimum Gasteiger partial charge on any atom is -0.493 e. The number of nitrogens with zero attached hydrogens (tertiary/aromatic N) is 2. The molecule has 2 heterocycles. The van der Waals surface area contributed by atoms with E-state index in [1.54, 1.807) is 30.3 Å². The summed E-state index contributed by atoms with van der Waals surface area (Å²) >= 11 is 0. The summed E-state index contributed by atoms with van der Waals surface area (Å²) in [5.41, 5.74) is 5.25. The van der Waals surface area contributed by atoms with Gasteiger partial charge in [0.25, 0.3) is 5.91 Å². The summed E-state index contributed by atoms with van der Waals surface area (Å²) in [5.74, 6) is -0.0933. The van der Waals surface area contributed by atoms with Crippen LogP contribution in [0.3, 0.4) is 0 Å². The van der Waals surface area contributed by atoms with Gasteiger partial charge in [0, 0.05) is 37.0 Å². The fourth-order valence-corrected chi connectivity index (χ4v) is 4.70. The summed E-state index contributed by atoms with van der Waals surface area (Å²) in [4.78, 5) is 28.7. The van der Waals surface area contributed by atoms with Crippen LogP contribution in [0.25, 0.3) is 0 Å². The predicted octanol–water partition coefficient (Wildman–Crippen LogP) is 1.98. The quantitative estimate of drug-likeness (QED) is 0.610. The second-order valence-corrected chi connectivity index (χ2v) is 9.98. The standard InChI is InChI=1S/C22H28N4O5S/c1-16(2)15-31-19-7-5-17(6-8-19)21(27)24-25-22(28)18-9-12-26(13-10-18)32(29,30)20-4-3-11-23-14-20/h3-8,11,14,16,18H,9-10,12-13,15H2,1-2H3,(H,24,27)(H,25,28). The maximum absolute atomic E-state index is 12.7. The Morgan fingerprint density at radius 1 is 1.12 bits per heavy atom. The molecule has 0 aliphatic carbocycles. The van der Waals surface area contributed by atoms with E-state index in [2.05, 4.69) is 15.8 Å². The van der Waals surface area contributed by atoms with Gasteiger partial charge >= 0.3 is 0 Å². The monoisotopic (exact) mass is 460 g/mol. The molecule has 1 fully saturated rings. The maximum Gasteiger partial charge on any atom is 0.269 e. The van der Waals surface area contributed by atoms with Crippen molar-refractivity contribution in [2.24, 2.45) is 11.8 Å². The number of nitrogens with one attached hydrogen (secondary N) is 2. The van der Waals surface area contributed by atoms with Gasteiger partial charge in [0.2, 0.25) is 15.9 Å². The molecule has 1 aliphatic heterocycles. The van der Waals surface area contributed by atoms with Crippen molar-refractivity contribution in [1.82, 2.24) is 20.1 Å². The van der Waals surface area contributed by atoms with E-state index in [1.165, 1.54) is 22.8 Å². The van der Waals surface area contributed by atoms with Crippen LogP contribution in [0, 0.1) is 11.8 Å². The molecular formula is C22H28N4O5S. The van der Waals surface area contributed by atoms with E-state index in [0.29, 0.717) is 36.7 Å². The fourth-order valence-electron chi connectivity index (χ4n) is 3.27. The van der Waals surface area contributed by atoms with Gasteiger partial charge in [-0.1, -0.05) is 13.8 Å². The number of amides is 2. The Bertz CT molecular complexity index is 1020. The third kappa shape index (κ3) is 6.04. The summed E-state index contributed by atoms with van der Waals surface area (Å²) in [6.45, 7) is 5.13. The van der Waals surface area contributed by atoms with Crippen LogP contribution in [0.1, 0.15) is 37.0 Å². The Morgan fingerprint density at radius 3 is 2.41 bits per heavy atom. The van der Waals surface area contributed by atoms with E-state index in [1.807, 2.05) is 13.8 Å². The molecule has 1 aliphatic rings. The molecule has 0 radical (unpaired) electrons. The van der Waals surface area contributed by atoms with Gasteiger partial charge in [0.05, 0.1) is 6.61 Å². The van der Waals surface area contributed by atoms with E-state index in [9.17, 15) is 18.0 Å². The molecule has 10 heteroatoms. The molecule has 172 valence electrons. The normalized spacial score (nSPS) is 15.3. The number of sulfonamides is 1. The summed E-state index contributed by atoms with van der Waals surface area (Å²) in [6, 6.07) is 9.73. The molecule has 2 aromatic rings. The molecule has 9 nitrogen and oxygen atoms in total. The first-order chi connectivity index (χ1) is 15.3. The zero-order valence-corrected chi connectivity index (χ0v) is 19.0. The van der Waals surface area contributed by atoms with Gasteiger partial charge in [-0.3, -0.25) is 25.4 Å². The molecule has 0 spiro atoms. The molecule has 0 bridgehead atoms. The van der Waals surface area contributed by atoms with Crippen molar-refractivity contribution in [2.75, 3.05) is 19.7 Å². The van der Waals surface area contributed by atoms with Crippen LogP contribution in [-0.2, 0) is 14.8 Å². The number of piperidine rings is 1. The van der Waals surface area contributed by atoms with Crippen LogP contribution in [0.15, 0.2) is 53.7 Å². The molecule has 1 saturated heterocycles. The maximum atomic E-state index is 12.7. The zero-order valence-electron chi connectivity index (χ0n) is 18.2. The number of rotatable bonds is 7. The number of benzene rings is 1. The van der Waals surface area contributed by atoms with Crippen molar-refractivity contribution >= 4 is 21.8 Å². The Kier molecular flexibility index (Phi) is 7.81. The Morgan fingerprint density at radius 2 is 1.81 bits per heavy atom. The minimum absolute atomic E-state index is 0.135. The number of hydrazine groups is 1. The van der Waals surface area contributed by atoms with Gasteiger partial charge in [0.15, 0.2) is 0 Å². The molecule has 1 aromatic carbocycles. The average Bonchev–Trinajstić information content (AvgIpc) is 2.82. The number of hydrogen-bond donors (Lipinski definition) is 2. The SMILES string of the molecule is CC(C)COc1ccc(C(=O)NNC(=O)C2CCN(S(=O)(=O)c3cccnc3)CC2)cc1. The Balaban J connectivity index is 1.46. The minimum atomic E-state index is -3.63. The second-order valence-electron chi connectivity index (χ2n) is 8.04. The van der Waals surface area contributed by atoms with Crippen LogP contribution >= 0.6 is 0 Å². The highest BCUT2D eigenvalue weighted by Crippen LogP contribution is 2.23. The number of pyridine rings is 1. The van der Waals surface area contributed by atoms with Gasteiger partial charge in [-0.2, -0.15) is 4.31 Å². The number of carbonyl (C=O) groups is 2. The van der Waals surface area contributed by atoms with Crippen molar-refractivity contribution in [1.29, 1.82) is 0 Å². The van der Waals surface area contributed by atoms with Crippen molar-refractivity contribution < 1.29 is 22.7 Å². The summed E-state index contributed by atoms with van der Waals surface area (Å²) in [7, 11) is -3.63. The lowest BCUT2D eigenvalue weighted by atomic mass is 9.98. The first kappa shape index (κ1) is 23.7. The largest absolute Gasteiger partial charge is 0.493 e. The number of carbonyl (C=O) groups excluding carboxylic acids is 2. The van der Waals surface area contributed by atoms with Gasteiger partial charge < -0.3 is 4.74 Å². The molecule has 1 aromatic heterocycles. The fraction of sp³-hybridized carbons (Fsp3) is 0.409. The Labute approximate surface area is 188 Å². The zero-order chi connectivity index (χ0) is 23.1. The van der Waals surface area contributed by atoms with E-state index < -0.39 is 15.9 Å². The summed E-state index contributed by atoms with van der Waals surface area (Å²) in [5, 5.41) is 0. The van der Waals surface area contributed by atoms with Gasteiger partial charge in [-0.15, -0.1) is 0 Å². The first-order valence-corrected chi connectivity index (χ1v) is 11.9. The smallest absolute Gasteiger partial charge is 0.269 e. The molecule has 0 atom stereocenters. The third-order valence-electron chi connectivity index (χ3n) is 5.10. The molecule has 0 saturated carbocycles. The first-order valence-electron chi connectivity index (χ1n) is 10.5. The molecule has 0 unspecified atom stereocenters. The van der Waals surface area contributed by atoms with Crippen molar-refractivity contribution in [3.8, 4) is 5.75 Å². The lowest BCUT2D eigenvalue weighted by Gasteiger charge is -2.30. The van der Waals surface area contributed by atoms with Gasteiger partial charge in [-0.25, -0.2) is 8.42 Å². The highest BCUT2D eigenvalue weighted by molar-refractivity contribution is 7.89. The summed E-state index contributed by atoms with van der Waals surface area (Å²) in [6.07, 6.45) is 3.55.